The Labute approximate surface area is 266 Å². The van der Waals surface area contributed by atoms with Crippen LogP contribution in [0.5, 0.6) is 0 Å². The highest BCUT2D eigenvalue weighted by atomic mass is 35.5. The zero-order valence-electron chi connectivity index (χ0n) is 22.9. The Hall–Kier alpha value is -4.46. The maximum absolute atomic E-state index is 13.4. The van der Waals surface area contributed by atoms with Crippen molar-refractivity contribution in [2.24, 2.45) is 10.3 Å². The number of aromatic nitrogens is 2. The maximum atomic E-state index is 13.4. The van der Waals surface area contributed by atoms with Crippen molar-refractivity contribution in [3.05, 3.63) is 55.8 Å². The summed E-state index contributed by atoms with van der Waals surface area (Å²) >= 11 is 8.14. The van der Waals surface area contributed by atoms with Crippen molar-refractivity contribution in [1.29, 1.82) is 0 Å². The van der Waals surface area contributed by atoms with Gasteiger partial charge in [-0.25, -0.2) is 4.98 Å². The van der Waals surface area contributed by atoms with Gasteiger partial charge in [-0.2, -0.15) is 4.57 Å². The first kappa shape index (κ1) is 31.9. The number of nitrogen functional groups attached to an aromatic ring is 1. The van der Waals surface area contributed by atoms with E-state index in [0.717, 1.165) is 40.5 Å². The second-order valence-electron chi connectivity index (χ2n) is 9.87. The molecule has 0 radical (unpaired) electrons. The first-order valence-electron chi connectivity index (χ1n) is 13.1. The quantitative estimate of drug-likeness (QED) is 0.0679. The van der Waals surface area contributed by atoms with Crippen molar-refractivity contribution < 1.29 is 43.6 Å². The van der Waals surface area contributed by atoms with Gasteiger partial charge in [-0.3, -0.25) is 24.1 Å². The number of hydrogen-bond donors (Lipinski definition) is 4. The number of carbonyl (C=O) groups is 5. The first-order valence-corrected chi connectivity index (χ1v) is 15.4. The number of nitrogens with zero attached hydrogens (tertiary/aromatic N) is 5. The third kappa shape index (κ3) is 6.51. The molecule has 1 fully saturated rings. The number of amides is 3. The predicted molar refractivity (Wildman–Crippen MR) is 155 cm³/mol. The van der Waals surface area contributed by atoms with Crippen LogP contribution >= 0.6 is 34.7 Å². The van der Waals surface area contributed by atoms with E-state index in [9.17, 15) is 34.0 Å². The van der Waals surface area contributed by atoms with Gasteiger partial charge in [-0.05, 0) is 6.07 Å². The van der Waals surface area contributed by atoms with Gasteiger partial charge in [0.1, 0.15) is 21.4 Å². The molecule has 0 bridgehead atoms. The smallest absolute Gasteiger partial charge is 0.329 e. The number of β-lactam (4-membered cyclic amide) rings is 1. The highest BCUT2D eigenvalue weighted by Crippen LogP contribution is 2.40. The van der Waals surface area contributed by atoms with Crippen molar-refractivity contribution in [3.8, 4) is 0 Å². The molecular weight excluding hydrogens is 656 g/mol. The minimum Gasteiger partial charge on any atom is -0.543 e. The average Bonchev–Trinajstić information content (AvgIpc) is 3.35. The molecule has 0 aliphatic carbocycles. The molecule has 0 aromatic carbocycles. The fourth-order valence-electron chi connectivity index (χ4n) is 5.04. The minimum atomic E-state index is -1.98. The first-order chi connectivity index (χ1) is 21.5. The number of carboxylic acids is 2. The highest BCUT2D eigenvalue weighted by molar-refractivity contribution is 8.00. The predicted octanol–water partition coefficient (Wildman–Crippen LogP) is -1.73. The topological polar surface area (TPSA) is 250 Å². The van der Waals surface area contributed by atoms with E-state index in [1.54, 1.807) is 0 Å². The fraction of sp³-hybridized carbons (Fsp3) is 0.360. The number of thioether (sulfide) groups is 1. The Bertz CT molecular complexity index is 1680. The number of thiazole rings is 1. The largest absolute Gasteiger partial charge is 0.543 e. The van der Waals surface area contributed by atoms with Gasteiger partial charge in [0.2, 0.25) is 6.10 Å². The van der Waals surface area contributed by atoms with Crippen molar-refractivity contribution >= 4 is 75.2 Å². The minimum absolute atomic E-state index is 0.0815. The number of rotatable bonds is 11. The SMILES string of the molecule is Nc1nc(/C(=N/O[C@@H](CC(=O)O)C(=O)N=O)C(=O)N[C@@H]2C(=O)N3C(C(=O)[O-])=C(C[n+]4cccc5c4CCNC5)CS[C@H]23)c(Cl)s1. The Morgan fingerprint density at radius 1 is 1.38 bits per heavy atom. The molecule has 45 heavy (non-hydrogen) atoms. The monoisotopic (exact) mass is 678 g/mol. The Balaban J connectivity index is 1.38. The van der Waals surface area contributed by atoms with Crippen LogP contribution in [0.25, 0.3) is 0 Å². The third-order valence-electron chi connectivity index (χ3n) is 7.06. The number of halogens is 1. The van der Waals surface area contributed by atoms with E-state index >= 15 is 0 Å². The maximum Gasteiger partial charge on any atom is 0.329 e. The lowest BCUT2D eigenvalue weighted by Gasteiger charge is -2.50. The highest BCUT2D eigenvalue weighted by Gasteiger charge is 2.53. The second kappa shape index (κ2) is 13.3. The molecule has 3 aliphatic heterocycles. The van der Waals surface area contributed by atoms with Gasteiger partial charge in [0, 0.05) is 47.6 Å². The van der Waals surface area contributed by atoms with Gasteiger partial charge in [0.05, 0.1) is 18.1 Å². The van der Waals surface area contributed by atoms with Gasteiger partial charge in [0.25, 0.3) is 11.8 Å². The lowest BCUT2D eigenvalue weighted by atomic mass is 10.0. The van der Waals surface area contributed by atoms with Crippen molar-refractivity contribution in [2.45, 2.75) is 43.5 Å². The molecule has 1 saturated heterocycles. The van der Waals surface area contributed by atoms with Gasteiger partial charge in [-0.1, -0.05) is 28.1 Å². The van der Waals surface area contributed by atoms with E-state index in [1.807, 2.05) is 22.9 Å². The summed E-state index contributed by atoms with van der Waals surface area (Å²) in [5.41, 5.74) is 7.01. The number of nitrogens with one attached hydrogen (secondary N) is 2. The number of oxime groups is 1. The molecule has 17 nitrogen and oxygen atoms in total. The van der Waals surface area contributed by atoms with Crippen LogP contribution in [0.4, 0.5) is 5.13 Å². The summed E-state index contributed by atoms with van der Waals surface area (Å²) in [6, 6.07) is 2.63. The lowest BCUT2D eigenvalue weighted by Crippen LogP contribution is -2.71. The molecule has 0 spiro atoms. The van der Waals surface area contributed by atoms with Crippen LogP contribution in [0, 0.1) is 4.91 Å². The summed E-state index contributed by atoms with van der Waals surface area (Å²) in [6.45, 7) is 1.67. The van der Waals surface area contributed by atoms with Crippen LogP contribution < -0.4 is 26.0 Å². The van der Waals surface area contributed by atoms with Crippen molar-refractivity contribution in [3.63, 3.8) is 0 Å². The number of pyridine rings is 1. The van der Waals surface area contributed by atoms with E-state index < -0.39 is 59.3 Å². The number of fused-ring (bicyclic) bond motifs is 2. The van der Waals surface area contributed by atoms with E-state index in [1.165, 1.54) is 11.8 Å². The Kier molecular flexibility index (Phi) is 9.42. The van der Waals surface area contributed by atoms with Crippen molar-refractivity contribution in [2.75, 3.05) is 18.0 Å². The van der Waals surface area contributed by atoms with Gasteiger partial charge in [0.15, 0.2) is 29.3 Å². The van der Waals surface area contributed by atoms with E-state index in [2.05, 4.69) is 26.0 Å². The van der Waals surface area contributed by atoms with Crippen LogP contribution in [0.2, 0.25) is 4.34 Å². The molecule has 5 N–H and O–H groups in total. The molecule has 2 aromatic heterocycles. The van der Waals surface area contributed by atoms with Crippen LogP contribution in [0.1, 0.15) is 23.4 Å². The molecule has 3 atom stereocenters. The fourth-order valence-corrected chi connectivity index (χ4v) is 7.31. The standard InChI is InChI=1S/C25H23ClN8O9S2/c26-19-15(30-25(27)45-19)16(32-43-13(6-14(35)36)20(37)31-42)21(38)29-17-22(39)34-18(24(40)41)11(9-44-23(17)34)8-33-5-1-2-10-7-28-4-3-12(10)33/h1-2,5,13,17,23,28H,3-4,6-9H2,(H4-,27,29,30,35,36,38,40,41)/b32-16-/t13-,17+,23+/m0/s1. The van der Waals surface area contributed by atoms with Gasteiger partial charge in [-0.15, -0.1) is 16.7 Å². The van der Waals surface area contributed by atoms with Gasteiger partial charge < -0.3 is 36.2 Å². The summed E-state index contributed by atoms with van der Waals surface area (Å²) in [5.74, 6) is -6.19. The summed E-state index contributed by atoms with van der Waals surface area (Å²) in [4.78, 5) is 82.4. The summed E-state index contributed by atoms with van der Waals surface area (Å²) < 4.78 is 1.82. The molecule has 0 unspecified atom stereocenters. The molecule has 3 aliphatic rings. The van der Waals surface area contributed by atoms with Gasteiger partial charge >= 0.3 is 11.9 Å². The van der Waals surface area contributed by atoms with E-state index in [0.29, 0.717) is 12.1 Å². The molecule has 3 amide bonds. The second-order valence-corrected chi connectivity index (χ2v) is 12.6. The van der Waals surface area contributed by atoms with E-state index in [4.69, 9.17) is 27.3 Å². The molecule has 5 heterocycles. The third-order valence-corrected chi connectivity index (χ3v) is 9.48. The molecular formula is C25H23ClN8O9S2. The van der Waals surface area contributed by atoms with Crippen LogP contribution in [0.3, 0.4) is 0 Å². The molecule has 5 rings (SSSR count). The summed E-state index contributed by atoms with van der Waals surface area (Å²) in [6.07, 6.45) is -0.395. The lowest BCUT2D eigenvalue weighted by molar-refractivity contribution is -0.697. The molecule has 2 aromatic rings. The molecule has 0 saturated carbocycles. The van der Waals surface area contributed by atoms with Crippen molar-refractivity contribution in [1.82, 2.24) is 20.5 Å². The number of carboxylic acid groups (broad SMARTS) is 2. The number of carbonyl (C=O) groups excluding carboxylic acids is 4. The zero-order chi connectivity index (χ0) is 32.4. The molecule has 20 heteroatoms. The Morgan fingerprint density at radius 2 is 2.16 bits per heavy atom. The number of anilines is 1. The number of nitroso groups, excluding NO2 is 1. The number of aliphatic carboxylic acids is 2. The average molecular weight is 679 g/mol. The van der Waals surface area contributed by atoms with Crippen LogP contribution in [-0.4, -0.2) is 80.2 Å². The zero-order valence-corrected chi connectivity index (χ0v) is 25.3. The summed E-state index contributed by atoms with van der Waals surface area (Å²) in [5, 5.41) is 31.8. The number of hydrogen-bond acceptors (Lipinski definition) is 14. The number of nitrogens with two attached hydrogens (primary N) is 1. The Morgan fingerprint density at radius 3 is 2.82 bits per heavy atom. The van der Waals surface area contributed by atoms with Crippen LogP contribution in [0.15, 0.2) is 39.9 Å². The normalized spacial score (nSPS) is 20.0. The van der Waals surface area contributed by atoms with E-state index in [-0.39, 0.29) is 33.2 Å². The molecule has 236 valence electrons. The van der Waals surface area contributed by atoms with Crippen LogP contribution in [-0.2, 0) is 48.3 Å². The summed E-state index contributed by atoms with van der Waals surface area (Å²) in [7, 11) is 0.